The smallest absolute Gasteiger partial charge is 0.180 e. The molecule has 6 heteroatoms. The molecule has 20 heavy (non-hydrogen) atoms. The average Bonchev–Trinajstić information content (AvgIpc) is 3.04. The molecule has 0 unspecified atom stereocenters. The number of aryl methyl sites for hydroxylation is 1. The summed E-state index contributed by atoms with van der Waals surface area (Å²) in [6.45, 7) is 2.45. The van der Waals surface area contributed by atoms with Gasteiger partial charge in [-0.05, 0) is 19.1 Å². The second kappa shape index (κ2) is 5.60. The number of para-hydroxylation sites is 1. The summed E-state index contributed by atoms with van der Waals surface area (Å²) in [6.07, 6.45) is 0. The van der Waals surface area contributed by atoms with Gasteiger partial charge in [-0.2, -0.15) is 0 Å². The van der Waals surface area contributed by atoms with Gasteiger partial charge in [-0.25, -0.2) is 9.97 Å². The third-order valence-electron chi connectivity index (χ3n) is 2.70. The van der Waals surface area contributed by atoms with E-state index in [0.29, 0.717) is 11.7 Å². The summed E-state index contributed by atoms with van der Waals surface area (Å²) in [5.41, 5.74) is 7.54. The van der Waals surface area contributed by atoms with Crippen LogP contribution >= 0.6 is 22.7 Å². The van der Waals surface area contributed by atoms with Gasteiger partial charge in [-0.15, -0.1) is 22.7 Å². The summed E-state index contributed by atoms with van der Waals surface area (Å²) in [5, 5.41) is 3.47. The van der Waals surface area contributed by atoms with Crippen molar-refractivity contribution in [3.8, 4) is 16.3 Å². The van der Waals surface area contributed by atoms with E-state index in [1.807, 2.05) is 42.6 Å². The molecule has 0 aliphatic heterocycles. The average molecular weight is 303 g/mol. The predicted octanol–water partition coefficient (Wildman–Crippen LogP) is 3.74. The molecule has 2 aromatic heterocycles. The molecule has 0 aliphatic carbocycles. The van der Waals surface area contributed by atoms with Crippen molar-refractivity contribution in [2.24, 2.45) is 0 Å². The highest BCUT2D eigenvalue weighted by Crippen LogP contribution is 2.31. The van der Waals surface area contributed by atoms with Crippen molar-refractivity contribution in [3.63, 3.8) is 0 Å². The van der Waals surface area contributed by atoms with Crippen LogP contribution in [0, 0.1) is 6.92 Å². The first kappa shape index (κ1) is 13.1. The zero-order valence-electron chi connectivity index (χ0n) is 10.9. The number of benzene rings is 1. The molecule has 0 radical (unpaired) electrons. The van der Waals surface area contributed by atoms with E-state index in [4.69, 9.17) is 10.5 Å². The summed E-state index contributed by atoms with van der Waals surface area (Å²) >= 11 is 3.04. The van der Waals surface area contributed by atoms with Gasteiger partial charge in [0.25, 0.3) is 0 Å². The normalized spacial score (nSPS) is 10.7. The van der Waals surface area contributed by atoms with Crippen LogP contribution in [0.3, 0.4) is 0 Å². The van der Waals surface area contributed by atoms with E-state index in [2.05, 4.69) is 9.97 Å². The maximum absolute atomic E-state index is 5.71. The fraction of sp³-hybridized carbons (Fsp3) is 0.143. The third kappa shape index (κ3) is 2.81. The summed E-state index contributed by atoms with van der Waals surface area (Å²) in [7, 11) is 0. The summed E-state index contributed by atoms with van der Waals surface area (Å²) in [4.78, 5) is 9.89. The van der Waals surface area contributed by atoms with Crippen molar-refractivity contribution < 1.29 is 4.74 Å². The van der Waals surface area contributed by atoms with Crippen LogP contribution in [-0.4, -0.2) is 9.97 Å². The number of nitrogens with two attached hydrogens (primary N) is 1. The van der Waals surface area contributed by atoms with Crippen LogP contribution in [0.4, 0.5) is 5.13 Å². The second-order valence-corrected chi connectivity index (χ2v) is 6.17. The van der Waals surface area contributed by atoms with E-state index in [0.717, 1.165) is 27.0 Å². The largest absolute Gasteiger partial charge is 0.486 e. The molecule has 0 saturated carbocycles. The van der Waals surface area contributed by atoms with Gasteiger partial charge < -0.3 is 10.5 Å². The molecule has 0 spiro atoms. The molecule has 0 aliphatic rings. The van der Waals surface area contributed by atoms with Gasteiger partial charge in [0, 0.05) is 5.38 Å². The lowest BCUT2D eigenvalue weighted by molar-refractivity contribution is 0.305. The minimum absolute atomic E-state index is 0.467. The first-order valence-electron chi connectivity index (χ1n) is 6.08. The van der Waals surface area contributed by atoms with E-state index >= 15 is 0 Å². The van der Waals surface area contributed by atoms with Crippen molar-refractivity contribution in [3.05, 3.63) is 46.4 Å². The van der Waals surface area contributed by atoms with E-state index in [1.165, 1.54) is 11.3 Å². The van der Waals surface area contributed by atoms with E-state index in [1.54, 1.807) is 11.3 Å². The van der Waals surface area contributed by atoms with Crippen molar-refractivity contribution in [1.82, 2.24) is 9.97 Å². The number of anilines is 1. The van der Waals surface area contributed by atoms with Crippen molar-refractivity contribution in [2.75, 3.05) is 5.73 Å². The Morgan fingerprint density at radius 3 is 2.70 bits per heavy atom. The molecule has 0 fully saturated rings. The van der Waals surface area contributed by atoms with Crippen LogP contribution in [0.25, 0.3) is 10.6 Å². The molecular weight excluding hydrogens is 290 g/mol. The number of ether oxygens (including phenoxy) is 1. The topological polar surface area (TPSA) is 61.0 Å². The molecule has 1 aromatic carbocycles. The Kier molecular flexibility index (Phi) is 3.66. The second-order valence-electron chi connectivity index (χ2n) is 4.19. The van der Waals surface area contributed by atoms with Crippen molar-refractivity contribution in [2.45, 2.75) is 13.5 Å². The van der Waals surface area contributed by atoms with Crippen LogP contribution in [0.5, 0.6) is 5.75 Å². The number of hydrogen-bond acceptors (Lipinski definition) is 6. The van der Waals surface area contributed by atoms with Crippen molar-refractivity contribution >= 4 is 27.8 Å². The minimum atomic E-state index is 0.467. The SMILES string of the molecule is Cc1nc(COc2ccccc2)sc1-c1csc(N)n1. The molecule has 0 bridgehead atoms. The summed E-state index contributed by atoms with van der Waals surface area (Å²) in [6, 6.07) is 9.73. The number of aromatic nitrogens is 2. The minimum Gasteiger partial charge on any atom is -0.486 e. The molecule has 0 amide bonds. The van der Waals surface area contributed by atoms with Gasteiger partial charge in [0.05, 0.1) is 16.3 Å². The highest BCUT2D eigenvalue weighted by atomic mass is 32.1. The Morgan fingerprint density at radius 1 is 1.20 bits per heavy atom. The first-order chi connectivity index (χ1) is 9.72. The number of hydrogen-bond donors (Lipinski definition) is 1. The Morgan fingerprint density at radius 2 is 2.00 bits per heavy atom. The maximum Gasteiger partial charge on any atom is 0.180 e. The van der Waals surface area contributed by atoms with Crippen LogP contribution in [0.2, 0.25) is 0 Å². The Bertz CT molecular complexity index is 706. The van der Waals surface area contributed by atoms with Gasteiger partial charge in [-0.3, -0.25) is 0 Å². The van der Waals surface area contributed by atoms with Gasteiger partial charge in [-0.1, -0.05) is 18.2 Å². The van der Waals surface area contributed by atoms with E-state index in [9.17, 15) is 0 Å². The number of nitrogens with zero attached hydrogens (tertiary/aromatic N) is 2. The molecule has 0 atom stereocenters. The molecule has 3 aromatic rings. The lowest BCUT2D eigenvalue weighted by Crippen LogP contribution is -1.94. The maximum atomic E-state index is 5.71. The fourth-order valence-corrected chi connectivity index (χ4v) is 3.37. The molecule has 3 rings (SSSR count). The number of rotatable bonds is 4. The molecule has 2 heterocycles. The Labute approximate surface area is 124 Å². The van der Waals surface area contributed by atoms with Crippen LogP contribution < -0.4 is 10.5 Å². The Hall–Kier alpha value is -1.92. The lowest BCUT2D eigenvalue weighted by atomic mass is 10.3. The zero-order valence-corrected chi connectivity index (χ0v) is 12.5. The fourth-order valence-electron chi connectivity index (χ4n) is 1.81. The Balaban J connectivity index is 1.76. The van der Waals surface area contributed by atoms with Crippen molar-refractivity contribution in [1.29, 1.82) is 0 Å². The van der Waals surface area contributed by atoms with Crippen LogP contribution in [0.15, 0.2) is 35.7 Å². The quantitative estimate of drug-likeness (QED) is 0.797. The third-order valence-corrected chi connectivity index (χ3v) is 4.53. The van der Waals surface area contributed by atoms with Gasteiger partial charge in [0.15, 0.2) is 5.13 Å². The highest BCUT2D eigenvalue weighted by molar-refractivity contribution is 7.16. The van der Waals surface area contributed by atoms with Crippen LogP contribution in [-0.2, 0) is 6.61 Å². The number of nitrogen functional groups attached to an aromatic ring is 1. The monoisotopic (exact) mass is 303 g/mol. The summed E-state index contributed by atoms with van der Waals surface area (Å²) < 4.78 is 5.71. The first-order valence-corrected chi connectivity index (χ1v) is 7.77. The molecule has 2 N–H and O–H groups in total. The lowest BCUT2D eigenvalue weighted by Gasteiger charge is -2.02. The van der Waals surface area contributed by atoms with E-state index in [-0.39, 0.29) is 0 Å². The van der Waals surface area contributed by atoms with E-state index < -0.39 is 0 Å². The van der Waals surface area contributed by atoms with Gasteiger partial charge >= 0.3 is 0 Å². The molecule has 4 nitrogen and oxygen atoms in total. The molecule has 0 saturated heterocycles. The molecule has 102 valence electrons. The van der Waals surface area contributed by atoms with Gasteiger partial charge in [0.2, 0.25) is 0 Å². The van der Waals surface area contributed by atoms with Crippen LogP contribution in [0.1, 0.15) is 10.7 Å². The summed E-state index contributed by atoms with van der Waals surface area (Å²) in [5.74, 6) is 0.847. The van der Waals surface area contributed by atoms with Gasteiger partial charge in [0.1, 0.15) is 17.4 Å². The predicted molar refractivity (Wildman–Crippen MR) is 83.1 cm³/mol. The standard InChI is InChI=1S/C14H13N3OS2/c1-9-13(11-8-19-14(15)17-11)20-12(16-9)7-18-10-5-3-2-4-6-10/h2-6,8H,7H2,1H3,(H2,15,17). The zero-order chi connectivity index (χ0) is 13.9. The highest BCUT2D eigenvalue weighted by Gasteiger charge is 2.12. The molecular formula is C14H13N3OS2. The number of thiazole rings is 2.